The van der Waals surface area contributed by atoms with Crippen molar-refractivity contribution >= 4 is 17.5 Å². The summed E-state index contributed by atoms with van der Waals surface area (Å²) in [6, 6.07) is 3.70. The van der Waals surface area contributed by atoms with E-state index in [1.165, 1.54) is 12.1 Å². The number of nitrogens with zero attached hydrogens (tertiary/aromatic N) is 2. The number of non-ortho nitro benzene ring substituents is 1. The highest BCUT2D eigenvalue weighted by molar-refractivity contribution is 6.21. The number of fused-ring (bicyclic) bond motifs is 1. The summed E-state index contributed by atoms with van der Waals surface area (Å²) in [6.07, 6.45) is 0.911. The Morgan fingerprint density at radius 1 is 1.18 bits per heavy atom. The topological polar surface area (TPSA) is 89.8 Å². The van der Waals surface area contributed by atoms with E-state index >= 15 is 0 Å². The number of nitro benzene ring substituents is 1. The molecule has 1 aromatic carbocycles. The van der Waals surface area contributed by atoms with Crippen LogP contribution >= 0.6 is 0 Å². The van der Waals surface area contributed by atoms with E-state index in [2.05, 4.69) is 13.8 Å². The molecule has 2 rings (SSSR count). The normalized spacial score (nSPS) is 13.9. The number of hydrogen-bond donors (Lipinski definition) is 0. The second kappa shape index (κ2) is 6.65. The summed E-state index contributed by atoms with van der Waals surface area (Å²) in [5, 5.41) is 10.7. The van der Waals surface area contributed by atoms with Gasteiger partial charge < -0.3 is 4.74 Å². The van der Waals surface area contributed by atoms with Gasteiger partial charge >= 0.3 is 0 Å². The number of benzene rings is 1. The lowest BCUT2D eigenvalue weighted by atomic mass is 10.1. The molecule has 0 spiro atoms. The highest BCUT2D eigenvalue weighted by Gasteiger charge is 2.36. The van der Waals surface area contributed by atoms with Crippen LogP contribution in [0.2, 0.25) is 0 Å². The van der Waals surface area contributed by atoms with Gasteiger partial charge in [-0.25, -0.2) is 0 Å². The minimum Gasteiger partial charge on any atom is -0.380 e. The monoisotopic (exact) mass is 306 g/mol. The Balaban J connectivity index is 2.00. The predicted octanol–water partition coefficient (Wildman–Crippen LogP) is 2.25. The molecule has 0 radical (unpaired) electrons. The Hall–Kier alpha value is -2.28. The van der Waals surface area contributed by atoms with Gasteiger partial charge in [0.05, 0.1) is 29.2 Å². The molecule has 7 heteroatoms. The fourth-order valence-electron chi connectivity index (χ4n) is 2.17. The van der Waals surface area contributed by atoms with E-state index in [4.69, 9.17) is 4.74 Å². The average molecular weight is 306 g/mol. The summed E-state index contributed by atoms with van der Waals surface area (Å²) in [4.78, 5) is 35.6. The number of ether oxygens (including phenoxy) is 1. The van der Waals surface area contributed by atoms with E-state index in [1.54, 1.807) is 0 Å². The quantitative estimate of drug-likeness (QED) is 0.333. The Bertz CT molecular complexity index is 612. The molecule has 0 aliphatic carbocycles. The van der Waals surface area contributed by atoms with Crippen LogP contribution in [0.5, 0.6) is 0 Å². The minimum absolute atomic E-state index is 0.0846. The lowest BCUT2D eigenvalue weighted by Crippen LogP contribution is -2.33. The Morgan fingerprint density at radius 2 is 1.86 bits per heavy atom. The average Bonchev–Trinajstić information content (AvgIpc) is 2.70. The third-order valence-electron chi connectivity index (χ3n) is 3.46. The largest absolute Gasteiger partial charge is 0.380 e. The number of carbonyl (C=O) groups is 2. The molecule has 0 aromatic heterocycles. The number of imide groups is 1. The third-order valence-corrected chi connectivity index (χ3v) is 3.46. The third kappa shape index (κ3) is 3.30. The van der Waals surface area contributed by atoms with Crippen molar-refractivity contribution in [2.45, 2.75) is 20.3 Å². The molecule has 0 N–H and O–H groups in total. The highest BCUT2D eigenvalue weighted by Crippen LogP contribution is 2.26. The molecule has 118 valence electrons. The van der Waals surface area contributed by atoms with Gasteiger partial charge in [0.15, 0.2) is 0 Å². The zero-order valence-electron chi connectivity index (χ0n) is 12.6. The van der Waals surface area contributed by atoms with E-state index in [0.717, 1.165) is 17.4 Å². The molecule has 7 nitrogen and oxygen atoms in total. The van der Waals surface area contributed by atoms with Gasteiger partial charge in [-0.15, -0.1) is 0 Å². The zero-order chi connectivity index (χ0) is 16.3. The van der Waals surface area contributed by atoms with Gasteiger partial charge in [0.1, 0.15) is 0 Å². The summed E-state index contributed by atoms with van der Waals surface area (Å²) in [5.74, 6) is -0.404. The maximum atomic E-state index is 12.2. The first kappa shape index (κ1) is 16.1. The van der Waals surface area contributed by atoms with Crippen LogP contribution in [0.1, 0.15) is 41.0 Å². The van der Waals surface area contributed by atoms with Gasteiger partial charge in [0.2, 0.25) is 0 Å². The first-order chi connectivity index (χ1) is 10.4. The number of nitro groups is 1. The van der Waals surface area contributed by atoms with Gasteiger partial charge in [-0.2, -0.15) is 0 Å². The van der Waals surface area contributed by atoms with Crippen molar-refractivity contribution in [2.75, 3.05) is 19.8 Å². The van der Waals surface area contributed by atoms with Crippen LogP contribution in [-0.4, -0.2) is 41.4 Å². The summed E-state index contributed by atoms with van der Waals surface area (Å²) >= 11 is 0. The molecule has 0 fully saturated rings. The standard InChI is InChI=1S/C15H18N2O5/c1-10(2)5-7-22-8-6-16-14(18)12-4-3-11(17(20)21)9-13(12)15(16)19/h3-4,9-10H,5-8H2,1-2H3. The van der Waals surface area contributed by atoms with Gasteiger partial charge in [-0.3, -0.25) is 24.6 Å². The molecule has 0 bridgehead atoms. The molecule has 1 heterocycles. The maximum absolute atomic E-state index is 12.2. The molecular weight excluding hydrogens is 288 g/mol. The van der Waals surface area contributed by atoms with E-state index in [9.17, 15) is 19.7 Å². The van der Waals surface area contributed by atoms with Crippen molar-refractivity contribution in [3.8, 4) is 0 Å². The van der Waals surface area contributed by atoms with Crippen molar-refractivity contribution in [3.63, 3.8) is 0 Å². The van der Waals surface area contributed by atoms with E-state index in [0.29, 0.717) is 12.5 Å². The van der Waals surface area contributed by atoms with Crippen molar-refractivity contribution in [3.05, 3.63) is 39.4 Å². The summed E-state index contributed by atoms with van der Waals surface area (Å²) in [5.41, 5.74) is 0.0918. The lowest BCUT2D eigenvalue weighted by Gasteiger charge is -2.14. The molecule has 1 aliphatic heterocycles. The number of amides is 2. The van der Waals surface area contributed by atoms with Crippen molar-refractivity contribution in [2.24, 2.45) is 5.92 Å². The minimum atomic E-state index is -0.588. The highest BCUT2D eigenvalue weighted by atomic mass is 16.6. The maximum Gasteiger partial charge on any atom is 0.270 e. The molecule has 0 unspecified atom stereocenters. The molecule has 0 saturated carbocycles. The van der Waals surface area contributed by atoms with Gasteiger partial charge in [-0.05, 0) is 18.4 Å². The van der Waals surface area contributed by atoms with Crippen LogP contribution < -0.4 is 0 Å². The van der Waals surface area contributed by atoms with Gasteiger partial charge in [0.25, 0.3) is 17.5 Å². The van der Waals surface area contributed by atoms with Crippen LogP contribution in [0.4, 0.5) is 5.69 Å². The van der Waals surface area contributed by atoms with Crippen LogP contribution in [0.3, 0.4) is 0 Å². The van der Waals surface area contributed by atoms with Gasteiger partial charge in [0, 0.05) is 18.7 Å². The van der Waals surface area contributed by atoms with Crippen molar-refractivity contribution < 1.29 is 19.2 Å². The Labute approximate surface area is 128 Å². The number of hydrogen-bond acceptors (Lipinski definition) is 5. The van der Waals surface area contributed by atoms with Crippen LogP contribution in [0.15, 0.2) is 18.2 Å². The van der Waals surface area contributed by atoms with Gasteiger partial charge in [-0.1, -0.05) is 13.8 Å². The predicted molar refractivity (Wildman–Crippen MR) is 78.7 cm³/mol. The SMILES string of the molecule is CC(C)CCOCCN1C(=O)c2ccc([N+](=O)[O-])cc2C1=O. The Kier molecular flexibility index (Phi) is 4.87. The van der Waals surface area contributed by atoms with Crippen LogP contribution in [-0.2, 0) is 4.74 Å². The number of rotatable bonds is 7. The summed E-state index contributed by atoms with van der Waals surface area (Å²) < 4.78 is 5.41. The lowest BCUT2D eigenvalue weighted by molar-refractivity contribution is -0.384. The molecule has 22 heavy (non-hydrogen) atoms. The zero-order valence-corrected chi connectivity index (χ0v) is 12.6. The molecule has 2 amide bonds. The Morgan fingerprint density at radius 3 is 2.50 bits per heavy atom. The second-order valence-corrected chi connectivity index (χ2v) is 5.54. The second-order valence-electron chi connectivity index (χ2n) is 5.54. The van der Waals surface area contributed by atoms with E-state index in [1.807, 2.05) is 0 Å². The molecule has 1 aromatic rings. The molecule has 1 aliphatic rings. The molecule has 0 atom stereocenters. The smallest absolute Gasteiger partial charge is 0.270 e. The fraction of sp³-hybridized carbons (Fsp3) is 0.467. The first-order valence-electron chi connectivity index (χ1n) is 7.14. The fourth-order valence-corrected chi connectivity index (χ4v) is 2.17. The summed E-state index contributed by atoms with van der Waals surface area (Å²) in [7, 11) is 0. The molecular formula is C15H18N2O5. The van der Waals surface area contributed by atoms with Crippen molar-refractivity contribution in [1.29, 1.82) is 0 Å². The summed E-state index contributed by atoms with van der Waals surface area (Å²) in [6.45, 7) is 5.16. The van der Waals surface area contributed by atoms with E-state index < -0.39 is 16.7 Å². The first-order valence-corrected chi connectivity index (χ1v) is 7.14. The molecule has 0 saturated heterocycles. The number of carbonyl (C=O) groups excluding carboxylic acids is 2. The van der Waals surface area contributed by atoms with Crippen LogP contribution in [0, 0.1) is 16.0 Å². The van der Waals surface area contributed by atoms with Crippen molar-refractivity contribution in [1.82, 2.24) is 4.90 Å². The van der Waals surface area contributed by atoms with E-state index in [-0.39, 0.29) is 30.0 Å². The van der Waals surface area contributed by atoms with Crippen LogP contribution in [0.25, 0.3) is 0 Å².